The van der Waals surface area contributed by atoms with Crippen molar-refractivity contribution < 1.29 is 15.0 Å². The van der Waals surface area contributed by atoms with Gasteiger partial charge in [0.25, 0.3) is 0 Å². The second-order valence-electron chi connectivity index (χ2n) is 5.86. The van der Waals surface area contributed by atoms with Gasteiger partial charge < -0.3 is 0 Å². The number of rotatable bonds is 5. The molecule has 0 bridgehead atoms. The molecule has 0 saturated carbocycles. The van der Waals surface area contributed by atoms with E-state index in [0.717, 1.165) is 5.56 Å². The van der Waals surface area contributed by atoms with Crippen LogP contribution in [-0.4, -0.2) is 40.7 Å². The number of carboxylic acids is 1. The summed E-state index contributed by atoms with van der Waals surface area (Å²) in [6.45, 7) is 1.58. The van der Waals surface area contributed by atoms with Crippen molar-refractivity contribution in [2.24, 2.45) is 5.92 Å². The third-order valence-electron chi connectivity index (χ3n) is 3.26. The fourth-order valence-electron chi connectivity index (χ4n) is 2.53. The average Bonchev–Trinajstić information content (AvgIpc) is 2.24. The molecule has 4 heteroatoms. The van der Waals surface area contributed by atoms with Crippen LogP contribution in [0.5, 0.6) is 0 Å². The van der Waals surface area contributed by atoms with Gasteiger partial charge in [-0.15, -0.1) is 0 Å². The quantitative estimate of drug-likeness (QED) is 0.797. The Hall–Kier alpha value is -0.551. The Labute approximate surface area is 113 Å². The van der Waals surface area contributed by atoms with Gasteiger partial charge in [-0.25, -0.2) is 0 Å². The van der Waals surface area contributed by atoms with Gasteiger partial charge in [-0.2, -0.15) is 0 Å². The van der Waals surface area contributed by atoms with Crippen LogP contribution in [0.15, 0.2) is 30.3 Å². The molecule has 1 rings (SSSR count). The van der Waals surface area contributed by atoms with Gasteiger partial charge in [-0.1, -0.05) is 0 Å². The molecule has 0 heterocycles. The van der Waals surface area contributed by atoms with Gasteiger partial charge in [0.2, 0.25) is 0 Å². The van der Waals surface area contributed by atoms with Gasteiger partial charge in [0, 0.05) is 0 Å². The number of aliphatic hydroxyl groups excluding tert-OH is 1. The van der Waals surface area contributed by atoms with E-state index in [1.807, 2.05) is 30.3 Å². The maximum atomic E-state index is 11.5. The standard InChI is InChI=1S/C11H13O3.3CH3.Sn/c1-8(12)10(11(13)14)7-9-5-3-2-4-6-9;;;;/h2-8,10,12H,1H3,(H,13,14);3*1H3;/t8-,10+;;;;/m1..../s1. The summed E-state index contributed by atoms with van der Waals surface area (Å²) < 4.78 is -0.0157. The van der Waals surface area contributed by atoms with E-state index >= 15 is 0 Å². The SMILES string of the molecule is C[C@@H](O)[C@@H](C(=O)O)[C@@H](c1ccccc1)[Sn]([CH3])([CH3])[CH3]. The summed E-state index contributed by atoms with van der Waals surface area (Å²) in [6.07, 6.45) is -0.830. The Bertz CT molecular complexity index is 395. The molecular weight excluding hydrogens is 335 g/mol. The summed E-state index contributed by atoms with van der Waals surface area (Å²) in [4.78, 5) is 18.1. The minimum absolute atomic E-state index is 0.0157. The molecule has 0 aliphatic heterocycles. The van der Waals surface area contributed by atoms with E-state index in [2.05, 4.69) is 14.8 Å². The van der Waals surface area contributed by atoms with Crippen molar-refractivity contribution in [3.63, 3.8) is 0 Å². The molecule has 100 valence electrons. The second kappa shape index (κ2) is 6.06. The molecular formula is C14H22O3Sn. The van der Waals surface area contributed by atoms with Gasteiger partial charge in [0.15, 0.2) is 0 Å². The first-order valence-corrected chi connectivity index (χ1v) is 16.4. The molecule has 2 N–H and O–H groups in total. The van der Waals surface area contributed by atoms with Crippen molar-refractivity contribution >= 4 is 24.3 Å². The van der Waals surface area contributed by atoms with Gasteiger partial charge in [-0.05, 0) is 0 Å². The molecule has 3 atom stereocenters. The fraction of sp³-hybridized carbons (Fsp3) is 0.500. The maximum absolute atomic E-state index is 11.5. The molecule has 0 amide bonds. The predicted octanol–water partition coefficient (Wildman–Crippen LogP) is 2.73. The van der Waals surface area contributed by atoms with Crippen LogP contribution in [0.1, 0.15) is 16.4 Å². The Morgan fingerprint density at radius 2 is 1.67 bits per heavy atom. The zero-order valence-corrected chi connectivity index (χ0v) is 14.3. The summed E-state index contributed by atoms with van der Waals surface area (Å²) in [7, 11) is 0. The van der Waals surface area contributed by atoms with Crippen LogP contribution in [-0.2, 0) is 4.79 Å². The minimum atomic E-state index is -2.54. The molecule has 1 aromatic carbocycles. The van der Waals surface area contributed by atoms with E-state index in [9.17, 15) is 15.0 Å². The van der Waals surface area contributed by atoms with Crippen LogP contribution in [0.4, 0.5) is 0 Å². The molecule has 1 aromatic rings. The van der Waals surface area contributed by atoms with E-state index in [4.69, 9.17) is 0 Å². The summed E-state index contributed by atoms with van der Waals surface area (Å²) in [6, 6.07) is 9.75. The predicted molar refractivity (Wildman–Crippen MR) is 75.3 cm³/mol. The second-order valence-corrected chi connectivity index (χ2v) is 21.1. The third kappa shape index (κ3) is 3.72. The molecule has 0 fully saturated rings. The van der Waals surface area contributed by atoms with E-state index in [-0.39, 0.29) is 3.93 Å². The topological polar surface area (TPSA) is 57.5 Å². The zero-order valence-electron chi connectivity index (χ0n) is 11.4. The van der Waals surface area contributed by atoms with E-state index in [1.54, 1.807) is 6.92 Å². The molecule has 0 aromatic heterocycles. The van der Waals surface area contributed by atoms with Crippen LogP contribution in [0, 0.1) is 5.92 Å². The molecule has 0 radical (unpaired) electrons. The van der Waals surface area contributed by atoms with Crippen LogP contribution in [0.2, 0.25) is 14.8 Å². The molecule has 0 spiro atoms. The van der Waals surface area contributed by atoms with E-state index in [1.165, 1.54) is 0 Å². The van der Waals surface area contributed by atoms with Crippen molar-refractivity contribution in [3.05, 3.63) is 35.9 Å². The first-order chi connectivity index (χ1) is 8.25. The number of hydrogen-bond acceptors (Lipinski definition) is 2. The zero-order chi connectivity index (χ0) is 13.9. The van der Waals surface area contributed by atoms with Crippen LogP contribution >= 0.6 is 0 Å². The summed E-state index contributed by atoms with van der Waals surface area (Å²) in [5.41, 5.74) is 1.05. The summed E-state index contributed by atoms with van der Waals surface area (Å²) in [5.74, 6) is -1.60. The fourth-order valence-corrected chi connectivity index (χ4v) is 10.2. The molecule has 3 nitrogen and oxygen atoms in total. The van der Waals surface area contributed by atoms with Crippen molar-refractivity contribution in [1.82, 2.24) is 0 Å². The average molecular weight is 357 g/mol. The monoisotopic (exact) mass is 358 g/mol. The number of carbonyl (C=O) groups is 1. The van der Waals surface area contributed by atoms with Gasteiger partial charge in [0.1, 0.15) is 0 Å². The van der Waals surface area contributed by atoms with Crippen molar-refractivity contribution in [2.75, 3.05) is 0 Å². The van der Waals surface area contributed by atoms with Gasteiger partial charge >= 0.3 is 113 Å². The summed E-state index contributed by atoms with van der Waals surface area (Å²) >= 11 is -2.54. The van der Waals surface area contributed by atoms with Crippen LogP contribution in [0.3, 0.4) is 0 Å². The van der Waals surface area contributed by atoms with Crippen LogP contribution in [0.25, 0.3) is 0 Å². The van der Waals surface area contributed by atoms with Crippen molar-refractivity contribution in [3.8, 4) is 0 Å². The van der Waals surface area contributed by atoms with E-state index < -0.39 is 36.4 Å². The number of aliphatic carboxylic acids is 1. The van der Waals surface area contributed by atoms with Crippen molar-refractivity contribution in [1.29, 1.82) is 0 Å². The van der Waals surface area contributed by atoms with Gasteiger partial charge in [-0.3, -0.25) is 0 Å². The molecule has 0 aliphatic carbocycles. The number of benzene rings is 1. The number of carboxylic acid groups (broad SMARTS) is 1. The van der Waals surface area contributed by atoms with E-state index in [0.29, 0.717) is 0 Å². The summed E-state index contributed by atoms with van der Waals surface area (Å²) in [5, 5.41) is 19.2. The normalized spacial score (nSPS) is 16.9. The molecule has 0 saturated heterocycles. The molecule has 0 aliphatic rings. The van der Waals surface area contributed by atoms with Gasteiger partial charge in [0.05, 0.1) is 0 Å². The molecule has 18 heavy (non-hydrogen) atoms. The van der Waals surface area contributed by atoms with Crippen LogP contribution < -0.4 is 0 Å². The third-order valence-corrected chi connectivity index (χ3v) is 10.6. The Balaban J connectivity index is 3.26. The Morgan fingerprint density at radius 1 is 1.17 bits per heavy atom. The Morgan fingerprint density at radius 3 is 2.00 bits per heavy atom. The molecule has 0 unspecified atom stereocenters. The first-order valence-electron chi connectivity index (χ1n) is 6.21. The number of hydrogen-bond donors (Lipinski definition) is 2. The first kappa shape index (κ1) is 15.5. The van der Waals surface area contributed by atoms with Crippen molar-refractivity contribution in [2.45, 2.75) is 31.8 Å². The Kier molecular flexibility index (Phi) is 5.22. The number of aliphatic hydroxyl groups is 1.